The molecule has 280 valence electrons. The van der Waals surface area contributed by atoms with Crippen molar-refractivity contribution in [3.05, 3.63) is 57.6 Å². The molecule has 2 aromatic rings. The van der Waals surface area contributed by atoms with Crippen molar-refractivity contribution in [1.29, 1.82) is 0 Å². The summed E-state index contributed by atoms with van der Waals surface area (Å²) >= 11 is 0. The van der Waals surface area contributed by atoms with E-state index >= 15 is 0 Å². The number of hydrogen-bond acceptors (Lipinski definition) is 6. The molecule has 0 atom stereocenters. The summed E-state index contributed by atoms with van der Waals surface area (Å²) < 4.78 is 26.2. The van der Waals surface area contributed by atoms with Crippen LogP contribution < -0.4 is 9.05 Å². The molecule has 0 heterocycles. The predicted molar refractivity (Wildman–Crippen MR) is 210 cm³/mol. The van der Waals surface area contributed by atoms with Crippen LogP contribution in [0.25, 0.3) is 0 Å². The number of benzene rings is 2. The summed E-state index contributed by atoms with van der Waals surface area (Å²) in [6, 6.07) is 9.17. The average Bonchev–Trinajstić information content (AvgIpc) is 2.87. The Bertz CT molecular complexity index is 1250. The van der Waals surface area contributed by atoms with Crippen LogP contribution in [0.1, 0.15) is 172 Å². The molecule has 0 aliphatic heterocycles. The fourth-order valence-electron chi connectivity index (χ4n) is 5.27. The Morgan fingerprint density at radius 2 is 0.694 bits per heavy atom. The Hall–Kier alpha value is -1.26. The Morgan fingerprint density at radius 1 is 0.429 bits per heavy atom. The van der Waals surface area contributed by atoms with Gasteiger partial charge in [-0.2, -0.15) is 0 Å². The van der Waals surface area contributed by atoms with Crippen molar-refractivity contribution in [2.75, 3.05) is 13.2 Å². The van der Waals surface area contributed by atoms with Gasteiger partial charge in [-0.05, 0) is 43.6 Å². The van der Waals surface area contributed by atoms with E-state index in [9.17, 15) is 9.79 Å². The second kappa shape index (κ2) is 15.0. The smallest absolute Gasteiger partial charge is 0.417 e. The van der Waals surface area contributed by atoms with Gasteiger partial charge in [-0.15, -0.1) is 0 Å². The zero-order valence-electron chi connectivity index (χ0n) is 34.6. The van der Waals surface area contributed by atoms with Crippen molar-refractivity contribution in [3.8, 4) is 11.5 Å². The molecule has 0 saturated heterocycles. The van der Waals surface area contributed by atoms with Crippen molar-refractivity contribution in [2.45, 2.75) is 171 Å². The van der Waals surface area contributed by atoms with Crippen LogP contribution in [0.3, 0.4) is 0 Å². The first-order chi connectivity index (χ1) is 21.6. The lowest BCUT2D eigenvalue weighted by Crippen LogP contribution is -2.26. The van der Waals surface area contributed by atoms with Crippen molar-refractivity contribution in [2.24, 2.45) is 5.41 Å². The lowest BCUT2D eigenvalue weighted by atomic mass is 9.75. The molecule has 2 aromatic carbocycles. The molecule has 8 heteroatoms. The van der Waals surface area contributed by atoms with Gasteiger partial charge in [0, 0.05) is 27.7 Å². The van der Waals surface area contributed by atoms with Gasteiger partial charge in [-0.25, -0.2) is 0 Å². The third kappa shape index (κ3) is 12.4. The standard InChI is InChI=1S/C41H70O6P2/c1-35(2,3)27-21-29(37(7,8)9)33(30(22-27)38(10,11)12)46-49(45-26-41(19,20)25-44-48(42)43)47-34-31(39(13,14)15)23-28(36(4,5)6)24-32(34)40(16,17)18/h21-24,42-43H,25-26H2,1-20H3. The zero-order valence-corrected chi connectivity index (χ0v) is 36.4. The van der Waals surface area contributed by atoms with Crippen LogP contribution in [0, 0.1) is 5.41 Å². The highest BCUT2D eigenvalue weighted by atomic mass is 31.2. The molecule has 0 fully saturated rings. The quantitative estimate of drug-likeness (QED) is 0.238. The van der Waals surface area contributed by atoms with Crippen LogP contribution in [0.15, 0.2) is 24.3 Å². The van der Waals surface area contributed by atoms with Crippen LogP contribution in [-0.2, 0) is 41.5 Å². The van der Waals surface area contributed by atoms with Gasteiger partial charge in [0.15, 0.2) is 0 Å². The van der Waals surface area contributed by atoms with E-state index in [0.29, 0.717) is 0 Å². The normalized spacial score (nSPS) is 14.2. The zero-order chi connectivity index (χ0) is 38.3. The first-order valence-electron chi connectivity index (χ1n) is 17.6. The summed E-state index contributed by atoms with van der Waals surface area (Å²) in [5.41, 5.74) is 5.34. The first kappa shape index (κ1) is 43.9. The molecule has 0 aliphatic rings. The van der Waals surface area contributed by atoms with Gasteiger partial charge >= 0.3 is 17.2 Å². The van der Waals surface area contributed by atoms with E-state index in [1.807, 2.05) is 13.8 Å². The molecule has 0 unspecified atom stereocenters. The molecule has 0 aliphatic carbocycles. The van der Waals surface area contributed by atoms with Crippen LogP contribution in [-0.4, -0.2) is 23.0 Å². The Labute approximate surface area is 303 Å². The minimum Gasteiger partial charge on any atom is -0.417 e. The minimum absolute atomic E-state index is 0.0584. The van der Waals surface area contributed by atoms with Crippen LogP contribution in [0.4, 0.5) is 0 Å². The fraction of sp³-hybridized carbons (Fsp3) is 0.707. The van der Waals surface area contributed by atoms with Gasteiger partial charge in [-0.1, -0.05) is 163 Å². The highest BCUT2D eigenvalue weighted by molar-refractivity contribution is 7.42. The molecular formula is C41H70O6P2. The maximum atomic E-state index is 9.48. The topological polar surface area (TPSA) is 77.4 Å². The molecule has 49 heavy (non-hydrogen) atoms. The Morgan fingerprint density at radius 3 is 0.918 bits per heavy atom. The SMILES string of the molecule is CC(C)(COP(O)O)COP(Oc1c(C(C)(C)C)cc(C(C)(C)C)cc1C(C)(C)C)Oc1c(C(C)(C)C)cc(C(C)(C)C)cc1C(C)(C)C. The van der Waals surface area contributed by atoms with Gasteiger partial charge < -0.3 is 23.4 Å². The highest BCUT2D eigenvalue weighted by Gasteiger charge is 2.37. The molecule has 0 aromatic heterocycles. The maximum Gasteiger partial charge on any atom is 0.463 e. The Kier molecular flexibility index (Phi) is 13.4. The maximum absolute atomic E-state index is 9.48. The van der Waals surface area contributed by atoms with Crippen LogP contribution in [0.5, 0.6) is 11.5 Å². The molecule has 0 amide bonds. The van der Waals surface area contributed by atoms with Crippen molar-refractivity contribution in [1.82, 2.24) is 0 Å². The lowest BCUT2D eigenvalue weighted by Gasteiger charge is -2.36. The van der Waals surface area contributed by atoms with Crippen molar-refractivity contribution in [3.63, 3.8) is 0 Å². The number of rotatable bonds is 10. The van der Waals surface area contributed by atoms with Gasteiger partial charge in [-0.3, -0.25) is 4.52 Å². The second-order valence-corrected chi connectivity index (χ2v) is 22.5. The first-order valence-corrected chi connectivity index (χ1v) is 19.9. The largest absolute Gasteiger partial charge is 0.463 e. The van der Waals surface area contributed by atoms with Gasteiger partial charge in [0.05, 0.1) is 13.2 Å². The van der Waals surface area contributed by atoms with Crippen molar-refractivity contribution >= 4 is 17.2 Å². The molecule has 2 N–H and O–H groups in total. The Balaban J connectivity index is 2.97. The minimum atomic E-state index is -2.48. The van der Waals surface area contributed by atoms with Gasteiger partial charge in [0.1, 0.15) is 11.5 Å². The van der Waals surface area contributed by atoms with E-state index in [1.54, 1.807) is 0 Å². The summed E-state index contributed by atoms with van der Waals surface area (Å²) in [6.07, 6.45) is 0. The fourth-order valence-corrected chi connectivity index (χ4v) is 7.02. The monoisotopic (exact) mass is 720 g/mol. The summed E-state index contributed by atoms with van der Waals surface area (Å²) in [5, 5.41) is 0. The summed E-state index contributed by atoms with van der Waals surface area (Å²) in [5.74, 6) is 1.59. The van der Waals surface area contributed by atoms with E-state index in [-0.39, 0.29) is 45.7 Å². The van der Waals surface area contributed by atoms with Gasteiger partial charge in [0.25, 0.3) is 0 Å². The molecule has 6 nitrogen and oxygen atoms in total. The molecular weight excluding hydrogens is 650 g/mol. The van der Waals surface area contributed by atoms with E-state index in [2.05, 4.69) is 149 Å². The summed E-state index contributed by atoms with van der Waals surface area (Å²) in [7, 11) is -4.49. The third-order valence-electron chi connectivity index (χ3n) is 8.61. The number of hydrogen-bond donors (Lipinski definition) is 2. The van der Waals surface area contributed by atoms with E-state index in [1.165, 1.54) is 11.1 Å². The van der Waals surface area contributed by atoms with E-state index < -0.39 is 22.6 Å². The summed E-state index contributed by atoms with van der Waals surface area (Å²) in [4.78, 5) is 19.0. The molecule has 0 radical (unpaired) electrons. The second-order valence-electron chi connectivity index (χ2n) is 20.7. The van der Waals surface area contributed by atoms with Crippen LogP contribution >= 0.6 is 17.2 Å². The van der Waals surface area contributed by atoms with Gasteiger partial charge in [0.2, 0.25) is 0 Å². The molecule has 0 bridgehead atoms. The van der Waals surface area contributed by atoms with Crippen molar-refractivity contribution < 1.29 is 27.9 Å². The van der Waals surface area contributed by atoms with E-state index in [0.717, 1.165) is 33.8 Å². The third-order valence-corrected chi connectivity index (χ3v) is 9.97. The summed E-state index contributed by atoms with van der Waals surface area (Å²) in [6.45, 7) is 44.4. The lowest BCUT2D eigenvalue weighted by molar-refractivity contribution is 0.0956. The van der Waals surface area contributed by atoms with E-state index in [4.69, 9.17) is 18.1 Å². The van der Waals surface area contributed by atoms with Crippen LogP contribution in [0.2, 0.25) is 0 Å². The highest BCUT2D eigenvalue weighted by Crippen LogP contribution is 2.53. The molecule has 2 rings (SSSR count). The predicted octanol–water partition coefficient (Wildman–Crippen LogP) is 12.4. The molecule has 0 saturated carbocycles. The average molecular weight is 721 g/mol. The molecule has 0 spiro atoms.